The minimum Gasteiger partial charge on any atom is -0.299 e. The second-order valence-electron chi connectivity index (χ2n) is 5.69. The molecule has 2 rings (SSSR count). The summed E-state index contributed by atoms with van der Waals surface area (Å²) in [6.45, 7) is 7.66. The smallest absolute Gasteiger partial charge is 0.137 e. The van der Waals surface area contributed by atoms with E-state index in [0.29, 0.717) is 9.89 Å². The van der Waals surface area contributed by atoms with Crippen LogP contribution in [0.15, 0.2) is 22.7 Å². The van der Waals surface area contributed by atoms with Gasteiger partial charge in [-0.05, 0) is 52.4 Å². The van der Waals surface area contributed by atoms with Crippen LogP contribution < -0.4 is 0 Å². The Morgan fingerprint density at radius 2 is 2.18 bits per heavy atom. The fourth-order valence-electron chi connectivity index (χ4n) is 2.59. The van der Waals surface area contributed by atoms with Crippen molar-refractivity contribution >= 4 is 15.9 Å². The molecule has 1 heterocycles. The van der Waals surface area contributed by atoms with Crippen molar-refractivity contribution in [1.29, 1.82) is 0 Å². The van der Waals surface area contributed by atoms with Gasteiger partial charge in [-0.1, -0.05) is 26.0 Å². The number of hydrogen-bond donors (Lipinski definition) is 0. The van der Waals surface area contributed by atoms with Gasteiger partial charge in [-0.15, -0.1) is 0 Å². The SMILES string of the molecule is CC1(C)CCCN(Cc2cccc(F)c2Br)C1. The predicted octanol–water partition coefficient (Wildman–Crippen LogP) is 4.21. The second-order valence-corrected chi connectivity index (χ2v) is 6.48. The lowest BCUT2D eigenvalue weighted by Gasteiger charge is -2.38. The molecular weight excluding hydrogens is 281 g/mol. The van der Waals surface area contributed by atoms with Gasteiger partial charge in [0, 0.05) is 13.1 Å². The second kappa shape index (κ2) is 5.07. The monoisotopic (exact) mass is 299 g/mol. The Morgan fingerprint density at radius 3 is 2.88 bits per heavy atom. The van der Waals surface area contributed by atoms with E-state index in [1.165, 1.54) is 18.9 Å². The van der Waals surface area contributed by atoms with E-state index in [2.05, 4.69) is 34.7 Å². The van der Waals surface area contributed by atoms with Crippen molar-refractivity contribution in [2.45, 2.75) is 33.2 Å². The molecule has 0 saturated carbocycles. The first-order chi connectivity index (χ1) is 7.98. The molecule has 0 N–H and O–H groups in total. The standard InChI is InChI=1S/C14H19BrFN/c1-14(2)7-4-8-17(10-14)9-11-5-3-6-12(16)13(11)15/h3,5-6H,4,7-10H2,1-2H3. The summed E-state index contributed by atoms with van der Waals surface area (Å²) >= 11 is 3.33. The third kappa shape index (κ3) is 3.29. The average Bonchev–Trinajstić information content (AvgIpc) is 2.23. The summed E-state index contributed by atoms with van der Waals surface area (Å²) in [5.41, 5.74) is 1.43. The Morgan fingerprint density at radius 1 is 1.41 bits per heavy atom. The Balaban J connectivity index is 2.08. The van der Waals surface area contributed by atoms with E-state index in [4.69, 9.17) is 0 Å². The number of benzene rings is 1. The van der Waals surface area contributed by atoms with Gasteiger partial charge in [0.2, 0.25) is 0 Å². The number of piperidine rings is 1. The largest absolute Gasteiger partial charge is 0.299 e. The highest BCUT2D eigenvalue weighted by Gasteiger charge is 2.26. The summed E-state index contributed by atoms with van der Waals surface area (Å²) in [7, 11) is 0. The van der Waals surface area contributed by atoms with Crippen LogP contribution in [0.25, 0.3) is 0 Å². The lowest BCUT2D eigenvalue weighted by molar-refractivity contribution is 0.111. The summed E-state index contributed by atoms with van der Waals surface area (Å²) < 4.78 is 14.0. The van der Waals surface area contributed by atoms with Crippen LogP contribution in [0.5, 0.6) is 0 Å². The van der Waals surface area contributed by atoms with Crippen LogP contribution >= 0.6 is 15.9 Å². The Labute approximate surface area is 111 Å². The van der Waals surface area contributed by atoms with E-state index in [-0.39, 0.29) is 5.82 Å². The van der Waals surface area contributed by atoms with Gasteiger partial charge in [0.25, 0.3) is 0 Å². The number of hydrogen-bond acceptors (Lipinski definition) is 1. The zero-order valence-corrected chi connectivity index (χ0v) is 12.1. The maximum atomic E-state index is 13.4. The van der Waals surface area contributed by atoms with Crippen LogP contribution in [0.3, 0.4) is 0 Å². The molecule has 1 nitrogen and oxygen atoms in total. The van der Waals surface area contributed by atoms with Crippen molar-refractivity contribution in [1.82, 2.24) is 4.90 Å². The summed E-state index contributed by atoms with van der Waals surface area (Å²) in [4.78, 5) is 2.42. The van der Waals surface area contributed by atoms with Crippen LogP contribution in [0.1, 0.15) is 32.3 Å². The van der Waals surface area contributed by atoms with Gasteiger partial charge in [-0.25, -0.2) is 4.39 Å². The number of halogens is 2. The molecule has 0 unspecified atom stereocenters. The maximum absolute atomic E-state index is 13.4. The first-order valence-electron chi connectivity index (χ1n) is 6.13. The summed E-state index contributed by atoms with van der Waals surface area (Å²) in [5.74, 6) is -0.168. The molecule has 1 aromatic rings. The van der Waals surface area contributed by atoms with E-state index in [0.717, 1.165) is 25.2 Å². The van der Waals surface area contributed by atoms with Crippen molar-refractivity contribution < 1.29 is 4.39 Å². The van der Waals surface area contributed by atoms with Crippen LogP contribution in [0.2, 0.25) is 0 Å². The van der Waals surface area contributed by atoms with Crippen molar-refractivity contribution in [2.75, 3.05) is 13.1 Å². The van der Waals surface area contributed by atoms with Crippen LogP contribution in [-0.4, -0.2) is 18.0 Å². The number of nitrogens with zero attached hydrogens (tertiary/aromatic N) is 1. The lowest BCUT2D eigenvalue weighted by Crippen LogP contribution is -2.39. The molecule has 17 heavy (non-hydrogen) atoms. The molecule has 0 bridgehead atoms. The van der Waals surface area contributed by atoms with Gasteiger partial charge in [0.05, 0.1) is 4.47 Å². The van der Waals surface area contributed by atoms with E-state index < -0.39 is 0 Å². The Bertz CT molecular complexity index is 403. The van der Waals surface area contributed by atoms with Crippen LogP contribution in [-0.2, 0) is 6.54 Å². The first kappa shape index (κ1) is 13.0. The van der Waals surface area contributed by atoms with Crippen molar-refractivity contribution in [2.24, 2.45) is 5.41 Å². The highest BCUT2D eigenvalue weighted by atomic mass is 79.9. The topological polar surface area (TPSA) is 3.24 Å². The summed E-state index contributed by atoms with van der Waals surface area (Å²) in [6.07, 6.45) is 2.52. The molecule has 0 atom stereocenters. The van der Waals surface area contributed by atoms with Gasteiger partial charge >= 0.3 is 0 Å². The molecule has 1 fully saturated rings. The minimum absolute atomic E-state index is 0.168. The molecule has 0 aromatic heterocycles. The molecule has 3 heteroatoms. The van der Waals surface area contributed by atoms with Gasteiger partial charge in [-0.2, -0.15) is 0 Å². The zero-order chi connectivity index (χ0) is 12.5. The van der Waals surface area contributed by atoms with E-state index in [9.17, 15) is 4.39 Å². The molecule has 0 radical (unpaired) electrons. The minimum atomic E-state index is -0.168. The Kier molecular flexibility index (Phi) is 3.88. The highest BCUT2D eigenvalue weighted by Crippen LogP contribution is 2.30. The molecule has 1 aliphatic heterocycles. The van der Waals surface area contributed by atoms with E-state index in [1.807, 2.05) is 6.07 Å². The lowest BCUT2D eigenvalue weighted by atomic mass is 9.84. The average molecular weight is 300 g/mol. The Hall–Kier alpha value is -0.410. The summed E-state index contributed by atoms with van der Waals surface area (Å²) in [5, 5.41) is 0. The predicted molar refractivity (Wildman–Crippen MR) is 72.4 cm³/mol. The normalized spacial score (nSPS) is 20.5. The maximum Gasteiger partial charge on any atom is 0.137 e. The molecule has 0 aliphatic carbocycles. The van der Waals surface area contributed by atoms with Crippen LogP contribution in [0, 0.1) is 11.2 Å². The molecule has 1 aliphatic rings. The fourth-order valence-corrected chi connectivity index (χ4v) is 2.98. The quantitative estimate of drug-likeness (QED) is 0.791. The molecule has 0 spiro atoms. The molecule has 1 saturated heterocycles. The van der Waals surface area contributed by atoms with Crippen molar-refractivity contribution in [3.05, 3.63) is 34.1 Å². The third-order valence-electron chi connectivity index (χ3n) is 3.41. The zero-order valence-electron chi connectivity index (χ0n) is 10.5. The summed E-state index contributed by atoms with van der Waals surface area (Å²) in [6, 6.07) is 5.27. The van der Waals surface area contributed by atoms with Gasteiger partial charge < -0.3 is 0 Å². The molecule has 94 valence electrons. The van der Waals surface area contributed by atoms with Crippen molar-refractivity contribution in [3.8, 4) is 0 Å². The first-order valence-corrected chi connectivity index (χ1v) is 6.92. The van der Waals surface area contributed by atoms with E-state index in [1.54, 1.807) is 6.07 Å². The van der Waals surface area contributed by atoms with Gasteiger partial charge in [0.1, 0.15) is 5.82 Å². The van der Waals surface area contributed by atoms with Crippen LogP contribution in [0.4, 0.5) is 4.39 Å². The van der Waals surface area contributed by atoms with E-state index >= 15 is 0 Å². The third-order valence-corrected chi connectivity index (χ3v) is 4.29. The number of rotatable bonds is 2. The van der Waals surface area contributed by atoms with Crippen molar-refractivity contribution in [3.63, 3.8) is 0 Å². The molecular formula is C14H19BrFN. The van der Waals surface area contributed by atoms with Gasteiger partial charge in [-0.3, -0.25) is 4.90 Å². The number of likely N-dealkylation sites (tertiary alicyclic amines) is 1. The van der Waals surface area contributed by atoms with Gasteiger partial charge in [0.15, 0.2) is 0 Å². The fraction of sp³-hybridized carbons (Fsp3) is 0.571. The molecule has 0 amide bonds. The molecule has 1 aromatic carbocycles. The highest BCUT2D eigenvalue weighted by molar-refractivity contribution is 9.10.